The van der Waals surface area contributed by atoms with Crippen molar-refractivity contribution in [1.29, 1.82) is 0 Å². The molecule has 1 saturated heterocycles. The maximum Gasteiger partial charge on any atom is 0.315 e. The number of nitro benzene ring substituents is 1. The van der Waals surface area contributed by atoms with Crippen molar-refractivity contribution in [2.24, 2.45) is 4.99 Å². The third kappa shape index (κ3) is 4.32. The molecule has 8 nitrogen and oxygen atoms in total. The normalized spacial score (nSPS) is 16.4. The summed E-state index contributed by atoms with van der Waals surface area (Å²) in [4.78, 5) is 27.4. The van der Waals surface area contributed by atoms with E-state index in [2.05, 4.69) is 10.3 Å². The van der Waals surface area contributed by atoms with Gasteiger partial charge in [0.25, 0.3) is 5.91 Å². The molecule has 1 aliphatic heterocycles. The van der Waals surface area contributed by atoms with E-state index >= 15 is 0 Å². The second kappa shape index (κ2) is 8.13. The van der Waals surface area contributed by atoms with Crippen molar-refractivity contribution in [3.05, 3.63) is 62.5 Å². The minimum absolute atomic E-state index is 0.0134. The van der Waals surface area contributed by atoms with Gasteiger partial charge in [-0.3, -0.25) is 14.9 Å². The number of nitrogens with one attached hydrogen (secondary N) is 1. The number of carbonyl (C=O) groups excluding carboxylic acids is 1. The number of hydrogen-bond acceptors (Lipinski definition) is 7. The Morgan fingerprint density at radius 1 is 1.32 bits per heavy atom. The van der Waals surface area contributed by atoms with Gasteiger partial charge in [-0.2, -0.15) is 0 Å². The van der Waals surface area contributed by atoms with E-state index in [4.69, 9.17) is 4.74 Å². The molecule has 144 valence electrons. The first-order valence-electron chi connectivity index (χ1n) is 8.38. The van der Waals surface area contributed by atoms with Gasteiger partial charge in [-0.25, -0.2) is 4.99 Å². The third-order valence-corrected chi connectivity index (χ3v) is 4.70. The van der Waals surface area contributed by atoms with Gasteiger partial charge in [-0.1, -0.05) is 17.7 Å². The lowest BCUT2D eigenvalue weighted by Gasteiger charge is -2.07. The van der Waals surface area contributed by atoms with Crippen LogP contribution in [0.2, 0.25) is 0 Å². The number of phenols is 1. The Labute approximate surface area is 165 Å². The van der Waals surface area contributed by atoms with E-state index in [1.165, 1.54) is 18.2 Å². The number of nitro groups is 1. The van der Waals surface area contributed by atoms with Crippen LogP contribution in [0.25, 0.3) is 6.08 Å². The fourth-order valence-corrected chi connectivity index (χ4v) is 3.31. The van der Waals surface area contributed by atoms with Crippen molar-refractivity contribution < 1.29 is 19.6 Å². The molecule has 9 heteroatoms. The predicted octanol–water partition coefficient (Wildman–Crippen LogP) is 3.90. The summed E-state index contributed by atoms with van der Waals surface area (Å²) < 4.78 is 5.25. The van der Waals surface area contributed by atoms with E-state index in [-0.39, 0.29) is 18.3 Å². The van der Waals surface area contributed by atoms with Crippen molar-refractivity contribution in [2.45, 2.75) is 13.8 Å². The minimum atomic E-state index is -0.702. The quantitative estimate of drug-likeness (QED) is 0.448. The topological polar surface area (TPSA) is 114 Å². The molecule has 0 spiro atoms. The van der Waals surface area contributed by atoms with Gasteiger partial charge in [0.05, 0.1) is 22.1 Å². The molecule has 2 aromatic rings. The van der Waals surface area contributed by atoms with Crippen LogP contribution in [0.5, 0.6) is 11.5 Å². The summed E-state index contributed by atoms with van der Waals surface area (Å²) in [5, 5.41) is 24.2. The van der Waals surface area contributed by atoms with Crippen molar-refractivity contribution in [1.82, 2.24) is 5.32 Å². The van der Waals surface area contributed by atoms with Crippen LogP contribution in [-0.2, 0) is 4.79 Å². The highest BCUT2D eigenvalue weighted by Gasteiger charge is 2.25. The van der Waals surface area contributed by atoms with Crippen LogP contribution < -0.4 is 10.1 Å². The zero-order chi connectivity index (χ0) is 20.3. The third-order valence-electron chi connectivity index (χ3n) is 3.79. The van der Waals surface area contributed by atoms with Crippen LogP contribution in [0.3, 0.4) is 0 Å². The predicted molar refractivity (Wildman–Crippen MR) is 108 cm³/mol. The van der Waals surface area contributed by atoms with Gasteiger partial charge in [0.2, 0.25) is 5.75 Å². The molecule has 3 rings (SSSR count). The first kappa shape index (κ1) is 19.4. The van der Waals surface area contributed by atoms with Gasteiger partial charge in [-0.05, 0) is 55.4 Å². The standard InChI is InChI=1S/C19H17N3O5S/c1-3-27-15-9-12(8-14(17(15)23)22(25)26)10-16-18(24)21-19(28-16)20-13-6-4-11(2)5-7-13/h4-10,23H,3H2,1-2H3,(H,20,21,24)/b16-10+. The molecule has 28 heavy (non-hydrogen) atoms. The number of aryl methyl sites for hydroxylation is 1. The first-order valence-corrected chi connectivity index (χ1v) is 9.19. The average Bonchev–Trinajstić information content (AvgIpc) is 2.98. The molecule has 0 bridgehead atoms. The summed E-state index contributed by atoms with van der Waals surface area (Å²) in [6.45, 7) is 3.90. The molecule has 2 aromatic carbocycles. The van der Waals surface area contributed by atoms with Gasteiger partial charge in [0.1, 0.15) is 0 Å². The highest BCUT2D eigenvalue weighted by Crippen LogP contribution is 2.38. The highest BCUT2D eigenvalue weighted by molar-refractivity contribution is 8.18. The summed E-state index contributed by atoms with van der Waals surface area (Å²) in [5.41, 5.74) is 1.68. The maximum absolute atomic E-state index is 12.2. The Kier molecular flexibility index (Phi) is 5.65. The number of carbonyl (C=O) groups is 1. The van der Waals surface area contributed by atoms with Gasteiger partial charge in [0, 0.05) is 6.07 Å². The lowest BCUT2D eigenvalue weighted by atomic mass is 10.1. The summed E-state index contributed by atoms with van der Waals surface area (Å²) in [5.74, 6) is -0.913. The van der Waals surface area contributed by atoms with Crippen molar-refractivity contribution >= 4 is 40.3 Å². The number of amides is 1. The number of aromatic hydroxyl groups is 1. The van der Waals surface area contributed by atoms with Gasteiger partial charge in [0.15, 0.2) is 10.9 Å². The lowest BCUT2D eigenvalue weighted by Crippen LogP contribution is -2.19. The van der Waals surface area contributed by atoms with Crippen LogP contribution in [-0.4, -0.2) is 27.7 Å². The molecule has 1 heterocycles. The number of ether oxygens (including phenoxy) is 1. The monoisotopic (exact) mass is 399 g/mol. The number of rotatable bonds is 5. The molecule has 0 aliphatic carbocycles. The highest BCUT2D eigenvalue weighted by atomic mass is 32.2. The Bertz CT molecular complexity index is 999. The van der Waals surface area contributed by atoms with Crippen LogP contribution >= 0.6 is 11.8 Å². The molecule has 1 aliphatic rings. The Hall–Kier alpha value is -3.33. The number of aliphatic imine (C=N–C) groups is 1. The molecule has 1 fully saturated rings. The molecule has 0 unspecified atom stereocenters. The van der Waals surface area contributed by atoms with Crippen LogP contribution in [0.1, 0.15) is 18.1 Å². The molecule has 0 aromatic heterocycles. The lowest BCUT2D eigenvalue weighted by molar-refractivity contribution is -0.386. The first-order chi connectivity index (χ1) is 13.4. The molecular weight excluding hydrogens is 382 g/mol. The molecule has 0 atom stereocenters. The van der Waals surface area contributed by atoms with E-state index in [1.807, 2.05) is 31.2 Å². The summed E-state index contributed by atoms with van der Waals surface area (Å²) in [7, 11) is 0. The second-order valence-corrected chi connectivity index (χ2v) is 6.92. The number of nitrogens with zero attached hydrogens (tertiary/aromatic N) is 2. The fraction of sp³-hybridized carbons (Fsp3) is 0.158. The SMILES string of the molecule is CCOc1cc(/C=C2/SC(=Nc3ccc(C)cc3)NC2=O)cc([N+](=O)[O-])c1O. The van der Waals surface area contributed by atoms with E-state index in [9.17, 15) is 20.0 Å². The minimum Gasteiger partial charge on any atom is -0.500 e. The number of benzene rings is 2. The van der Waals surface area contributed by atoms with Gasteiger partial charge in [-0.15, -0.1) is 0 Å². The molecule has 1 amide bonds. The Morgan fingerprint density at radius 3 is 2.68 bits per heavy atom. The van der Waals surface area contributed by atoms with E-state index in [0.29, 0.717) is 21.3 Å². The Balaban J connectivity index is 1.92. The van der Waals surface area contributed by atoms with Crippen molar-refractivity contribution in [2.75, 3.05) is 6.61 Å². The van der Waals surface area contributed by atoms with E-state index < -0.39 is 16.4 Å². The second-order valence-electron chi connectivity index (χ2n) is 5.89. The van der Waals surface area contributed by atoms with Gasteiger partial charge >= 0.3 is 5.69 Å². The van der Waals surface area contributed by atoms with Crippen LogP contribution in [0.15, 0.2) is 46.3 Å². The fourth-order valence-electron chi connectivity index (χ4n) is 2.47. The average molecular weight is 399 g/mol. The number of thioether (sulfide) groups is 1. The van der Waals surface area contributed by atoms with E-state index in [0.717, 1.165) is 17.3 Å². The largest absolute Gasteiger partial charge is 0.500 e. The maximum atomic E-state index is 12.2. The summed E-state index contributed by atoms with van der Waals surface area (Å²) in [6.07, 6.45) is 1.49. The smallest absolute Gasteiger partial charge is 0.315 e. The number of phenolic OH excluding ortho intramolecular Hbond substituents is 1. The molecule has 2 N–H and O–H groups in total. The summed E-state index contributed by atoms with van der Waals surface area (Å²) in [6, 6.07) is 10.2. The van der Waals surface area contributed by atoms with Gasteiger partial charge < -0.3 is 15.2 Å². The number of amidine groups is 1. The van der Waals surface area contributed by atoms with E-state index in [1.54, 1.807) is 6.92 Å². The zero-order valence-electron chi connectivity index (χ0n) is 15.1. The van der Waals surface area contributed by atoms with Crippen molar-refractivity contribution in [3.8, 4) is 11.5 Å². The molecule has 0 saturated carbocycles. The van der Waals surface area contributed by atoms with Crippen molar-refractivity contribution in [3.63, 3.8) is 0 Å². The van der Waals surface area contributed by atoms with Crippen LogP contribution in [0, 0.1) is 17.0 Å². The summed E-state index contributed by atoms with van der Waals surface area (Å²) >= 11 is 1.13. The number of hydrogen-bond donors (Lipinski definition) is 2. The van der Waals surface area contributed by atoms with Crippen LogP contribution in [0.4, 0.5) is 11.4 Å². The molecular formula is C19H17N3O5S. The zero-order valence-corrected chi connectivity index (χ0v) is 15.9. The Morgan fingerprint density at radius 2 is 2.04 bits per heavy atom. The molecule has 0 radical (unpaired) electrons.